The lowest BCUT2D eigenvalue weighted by Gasteiger charge is -2.33. The van der Waals surface area contributed by atoms with E-state index in [1.807, 2.05) is 0 Å². The normalized spacial score (nSPS) is 29.9. The molecule has 6 nitrogen and oxygen atoms in total. The molecule has 1 atom stereocenters. The Morgan fingerprint density at radius 2 is 2.42 bits per heavy atom. The van der Waals surface area contributed by atoms with Crippen molar-refractivity contribution in [1.29, 1.82) is 0 Å². The average molecular weight is 174 g/mol. The first-order valence-corrected chi connectivity index (χ1v) is 3.54. The summed E-state index contributed by atoms with van der Waals surface area (Å²) >= 11 is 0. The maximum Gasteiger partial charge on any atom is 0.337 e. The number of ether oxygens (including phenoxy) is 1. The van der Waals surface area contributed by atoms with Crippen LogP contribution in [0.25, 0.3) is 0 Å². The maximum atomic E-state index is 10.6. The molecule has 0 saturated carbocycles. The highest BCUT2D eigenvalue weighted by Crippen LogP contribution is 2.17. The molecule has 1 fully saturated rings. The molecule has 0 aliphatic carbocycles. The molecule has 0 aromatic carbocycles. The van der Waals surface area contributed by atoms with Gasteiger partial charge in [0.15, 0.2) is 5.60 Å². The molecule has 0 bridgehead atoms. The summed E-state index contributed by atoms with van der Waals surface area (Å²) in [5.74, 6) is -1.07. The first-order chi connectivity index (χ1) is 5.58. The van der Waals surface area contributed by atoms with E-state index < -0.39 is 11.6 Å². The molecule has 0 amide bonds. The quantitative estimate of drug-likeness (QED) is 0.588. The second kappa shape index (κ2) is 3.06. The molecule has 1 N–H and O–H groups in total. The summed E-state index contributed by atoms with van der Waals surface area (Å²) in [5, 5.41) is 12.5. The van der Waals surface area contributed by atoms with E-state index in [0.717, 1.165) is 5.01 Å². The van der Waals surface area contributed by atoms with Crippen LogP contribution in [0.15, 0.2) is 5.29 Å². The topological polar surface area (TPSA) is 79.2 Å². The molecule has 1 rings (SSSR count). The zero-order valence-electron chi connectivity index (χ0n) is 6.69. The Morgan fingerprint density at radius 1 is 1.75 bits per heavy atom. The van der Waals surface area contributed by atoms with Crippen molar-refractivity contribution < 1.29 is 14.6 Å². The van der Waals surface area contributed by atoms with Gasteiger partial charge in [-0.15, -0.1) is 4.91 Å². The van der Waals surface area contributed by atoms with Gasteiger partial charge < -0.3 is 9.84 Å². The van der Waals surface area contributed by atoms with Crippen molar-refractivity contribution in [3.8, 4) is 0 Å². The van der Waals surface area contributed by atoms with Crippen molar-refractivity contribution in [2.45, 2.75) is 12.5 Å². The van der Waals surface area contributed by atoms with Crippen LogP contribution in [0.2, 0.25) is 0 Å². The molecule has 1 aliphatic heterocycles. The second-order valence-electron chi connectivity index (χ2n) is 2.85. The van der Waals surface area contributed by atoms with Gasteiger partial charge in [0.05, 0.1) is 25.0 Å². The fourth-order valence-corrected chi connectivity index (χ4v) is 1.05. The molecule has 68 valence electrons. The van der Waals surface area contributed by atoms with Gasteiger partial charge in [-0.05, 0) is 6.92 Å². The van der Waals surface area contributed by atoms with E-state index in [4.69, 9.17) is 9.84 Å². The van der Waals surface area contributed by atoms with Crippen molar-refractivity contribution >= 4 is 5.97 Å². The number of hydrogen-bond donors (Lipinski definition) is 1. The molecule has 1 aliphatic rings. The lowest BCUT2D eigenvalue weighted by Crippen LogP contribution is -2.52. The smallest absolute Gasteiger partial charge is 0.337 e. The van der Waals surface area contributed by atoms with Crippen molar-refractivity contribution in [2.24, 2.45) is 5.29 Å². The van der Waals surface area contributed by atoms with E-state index in [0.29, 0.717) is 6.54 Å². The Morgan fingerprint density at radius 3 is 2.92 bits per heavy atom. The molecular weight excluding hydrogens is 164 g/mol. The summed E-state index contributed by atoms with van der Waals surface area (Å²) < 4.78 is 5.02. The molecular formula is C6H10N2O4. The van der Waals surface area contributed by atoms with E-state index in [1.54, 1.807) is 0 Å². The van der Waals surface area contributed by atoms with E-state index in [1.165, 1.54) is 6.92 Å². The molecule has 0 radical (unpaired) electrons. The summed E-state index contributed by atoms with van der Waals surface area (Å²) in [6.45, 7) is 2.00. The van der Waals surface area contributed by atoms with Crippen LogP contribution in [0, 0.1) is 4.91 Å². The summed E-state index contributed by atoms with van der Waals surface area (Å²) in [6.07, 6.45) is 0. The number of morpholine rings is 1. The third-order valence-corrected chi connectivity index (χ3v) is 1.82. The molecule has 6 heteroatoms. The van der Waals surface area contributed by atoms with Crippen LogP contribution < -0.4 is 0 Å². The van der Waals surface area contributed by atoms with Gasteiger partial charge in [0.25, 0.3) is 0 Å². The number of hydrogen-bond acceptors (Lipinski definition) is 4. The minimum Gasteiger partial charge on any atom is -0.479 e. The van der Waals surface area contributed by atoms with E-state index in [-0.39, 0.29) is 13.2 Å². The average Bonchev–Trinajstić information content (AvgIpc) is 2.04. The number of aliphatic carboxylic acids is 1. The number of nitroso groups, excluding NO2 is 1. The minimum absolute atomic E-state index is 0.00579. The number of rotatable bonds is 2. The third-order valence-electron chi connectivity index (χ3n) is 1.82. The Balaban J connectivity index is 2.66. The Bertz CT molecular complexity index is 208. The standard InChI is InChI=1S/C6H10N2O4/c1-6(5(9)10)4-8(7-11)2-3-12-6/h2-4H2,1H3,(H,9,10). The molecule has 1 saturated heterocycles. The maximum absolute atomic E-state index is 10.6. The van der Waals surface area contributed by atoms with Crippen LogP contribution in [0.4, 0.5) is 0 Å². The van der Waals surface area contributed by atoms with Crippen LogP contribution in [0.1, 0.15) is 6.92 Å². The van der Waals surface area contributed by atoms with E-state index in [2.05, 4.69) is 5.29 Å². The molecule has 0 aromatic heterocycles. The fourth-order valence-electron chi connectivity index (χ4n) is 1.05. The van der Waals surface area contributed by atoms with Gasteiger partial charge in [0.1, 0.15) is 0 Å². The fraction of sp³-hybridized carbons (Fsp3) is 0.833. The summed E-state index contributed by atoms with van der Waals surface area (Å²) in [5.41, 5.74) is -1.30. The predicted molar refractivity (Wildman–Crippen MR) is 39.4 cm³/mol. The van der Waals surface area contributed by atoms with Gasteiger partial charge in [-0.1, -0.05) is 0 Å². The lowest BCUT2D eigenvalue weighted by molar-refractivity contribution is -0.174. The largest absolute Gasteiger partial charge is 0.479 e. The van der Waals surface area contributed by atoms with Gasteiger partial charge in [0, 0.05) is 0 Å². The van der Waals surface area contributed by atoms with Crippen LogP contribution in [0.5, 0.6) is 0 Å². The summed E-state index contributed by atoms with van der Waals surface area (Å²) in [4.78, 5) is 20.7. The van der Waals surface area contributed by atoms with Gasteiger partial charge >= 0.3 is 5.97 Å². The first kappa shape index (κ1) is 8.92. The number of carboxylic acid groups (broad SMARTS) is 1. The van der Waals surface area contributed by atoms with Crippen molar-refractivity contribution in [3.63, 3.8) is 0 Å². The predicted octanol–water partition coefficient (Wildman–Crippen LogP) is -0.157. The molecule has 0 aromatic rings. The Labute approximate surface area is 69.1 Å². The number of carboxylic acids is 1. The lowest BCUT2D eigenvalue weighted by atomic mass is 10.1. The minimum atomic E-state index is -1.30. The number of carbonyl (C=O) groups is 1. The zero-order chi connectivity index (χ0) is 9.19. The van der Waals surface area contributed by atoms with Crippen LogP contribution in [0.3, 0.4) is 0 Å². The van der Waals surface area contributed by atoms with Crippen molar-refractivity contribution in [3.05, 3.63) is 4.91 Å². The highest BCUT2D eigenvalue weighted by atomic mass is 16.5. The summed E-state index contributed by atoms with van der Waals surface area (Å²) in [6, 6.07) is 0. The number of nitrogens with zero attached hydrogens (tertiary/aromatic N) is 2. The monoisotopic (exact) mass is 174 g/mol. The molecule has 1 unspecified atom stereocenters. The van der Waals surface area contributed by atoms with Gasteiger partial charge in [-0.2, -0.15) is 0 Å². The highest BCUT2D eigenvalue weighted by molar-refractivity contribution is 5.77. The van der Waals surface area contributed by atoms with Crippen LogP contribution in [-0.4, -0.2) is 41.4 Å². The van der Waals surface area contributed by atoms with Crippen molar-refractivity contribution in [2.75, 3.05) is 19.7 Å². The zero-order valence-corrected chi connectivity index (χ0v) is 6.69. The molecule has 1 heterocycles. The van der Waals surface area contributed by atoms with Gasteiger partial charge in [0.2, 0.25) is 0 Å². The Kier molecular flexibility index (Phi) is 2.27. The van der Waals surface area contributed by atoms with Gasteiger partial charge in [-0.3, -0.25) is 5.01 Å². The van der Waals surface area contributed by atoms with Gasteiger partial charge in [-0.25, -0.2) is 4.79 Å². The highest BCUT2D eigenvalue weighted by Gasteiger charge is 2.39. The van der Waals surface area contributed by atoms with E-state index in [9.17, 15) is 9.70 Å². The van der Waals surface area contributed by atoms with E-state index >= 15 is 0 Å². The van der Waals surface area contributed by atoms with Crippen LogP contribution >= 0.6 is 0 Å². The van der Waals surface area contributed by atoms with Crippen LogP contribution in [-0.2, 0) is 9.53 Å². The SMILES string of the molecule is CC1(C(=O)O)CN(N=O)CCO1. The summed E-state index contributed by atoms with van der Waals surface area (Å²) in [7, 11) is 0. The Hall–Kier alpha value is -1.17. The van der Waals surface area contributed by atoms with Crippen molar-refractivity contribution in [1.82, 2.24) is 5.01 Å². The second-order valence-corrected chi connectivity index (χ2v) is 2.85. The third kappa shape index (κ3) is 1.53. The first-order valence-electron chi connectivity index (χ1n) is 3.54. The molecule has 0 spiro atoms. The molecule has 12 heavy (non-hydrogen) atoms.